The largest absolute Gasteiger partial charge is 0.482 e. The lowest BCUT2D eigenvalue weighted by Crippen LogP contribution is -2.43. The number of ether oxygens (including phenoxy) is 1. The van der Waals surface area contributed by atoms with Gasteiger partial charge in [-0.25, -0.2) is 0 Å². The minimum absolute atomic E-state index is 0.277. The van der Waals surface area contributed by atoms with Crippen LogP contribution in [0.15, 0.2) is 18.2 Å². The van der Waals surface area contributed by atoms with Gasteiger partial charge in [0, 0.05) is 5.02 Å². The van der Waals surface area contributed by atoms with Crippen LogP contribution in [-0.2, 0) is 15.8 Å². The number of halogens is 4. The number of nitrogens with one attached hydrogen (secondary N) is 2. The van der Waals surface area contributed by atoms with Crippen molar-refractivity contribution in [1.29, 1.82) is 0 Å². The number of nitrogens with zero attached hydrogens (tertiary/aromatic N) is 3. The van der Waals surface area contributed by atoms with E-state index >= 15 is 0 Å². The maximum absolute atomic E-state index is 12.4. The molecular weight excluding hydrogens is 367 g/mol. The monoisotopic (exact) mass is 375 g/mol. The fourth-order valence-corrected chi connectivity index (χ4v) is 2.27. The molecule has 25 heavy (non-hydrogen) atoms. The van der Waals surface area contributed by atoms with Crippen molar-refractivity contribution in [2.75, 3.05) is 23.4 Å². The molecular formula is C13H9ClF3N5O3. The van der Waals surface area contributed by atoms with Gasteiger partial charge < -0.3 is 4.74 Å². The zero-order chi connectivity index (χ0) is 18.2. The third kappa shape index (κ3) is 3.65. The van der Waals surface area contributed by atoms with Gasteiger partial charge in [0.1, 0.15) is 12.3 Å². The Hall–Kier alpha value is -2.82. The fourth-order valence-electron chi connectivity index (χ4n) is 2.10. The highest BCUT2D eigenvalue weighted by atomic mass is 35.5. The SMILES string of the molecule is O=C(CN1C(=O)COc2ccc(Cl)cc21)Nc1n[nH]c(C(F)(F)F)n1. The zero-order valence-corrected chi connectivity index (χ0v) is 13.0. The van der Waals surface area contributed by atoms with E-state index in [9.17, 15) is 22.8 Å². The van der Waals surface area contributed by atoms with Crippen molar-refractivity contribution < 1.29 is 27.5 Å². The van der Waals surface area contributed by atoms with E-state index in [1.54, 1.807) is 17.2 Å². The smallest absolute Gasteiger partial charge is 0.451 e. The van der Waals surface area contributed by atoms with E-state index in [4.69, 9.17) is 16.3 Å². The van der Waals surface area contributed by atoms with Gasteiger partial charge in [0.15, 0.2) is 6.61 Å². The van der Waals surface area contributed by atoms with Crippen molar-refractivity contribution >= 4 is 35.1 Å². The Morgan fingerprint density at radius 2 is 2.20 bits per heavy atom. The zero-order valence-electron chi connectivity index (χ0n) is 12.2. The first kappa shape index (κ1) is 17.0. The third-order valence-electron chi connectivity index (χ3n) is 3.17. The lowest BCUT2D eigenvalue weighted by Gasteiger charge is -2.28. The van der Waals surface area contributed by atoms with Crippen LogP contribution in [0.25, 0.3) is 0 Å². The fraction of sp³-hybridized carbons (Fsp3) is 0.231. The highest BCUT2D eigenvalue weighted by Crippen LogP contribution is 2.34. The molecule has 0 fully saturated rings. The number of aromatic nitrogens is 3. The van der Waals surface area contributed by atoms with E-state index in [0.29, 0.717) is 10.8 Å². The predicted octanol–water partition coefficient (Wildman–Crippen LogP) is 1.84. The molecule has 0 saturated heterocycles. The van der Waals surface area contributed by atoms with Crippen molar-refractivity contribution in [2.45, 2.75) is 6.18 Å². The van der Waals surface area contributed by atoms with E-state index in [0.717, 1.165) is 4.90 Å². The topological polar surface area (TPSA) is 100 Å². The summed E-state index contributed by atoms with van der Waals surface area (Å²) in [6.07, 6.45) is -4.72. The summed E-state index contributed by atoms with van der Waals surface area (Å²) in [7, 11) is 0. The molecule has 1 aromatic carbocycles. The molecule has 0 atom stereocenters. The van der Waals surface area contributed by atoms with E-state index in [2.05, 4.69) is 15.4 Å². The van der Waals surface area contributed by atoms with Gasteiger partial charge in [-0.3, -0.25) is 24.9 Å². The number of carbonyl (C=O) groups excluding carboxylic acids is 2. The van der Waals surface area contributed by atoms with E-state index in [1.807, 2.05) is 0 Å². The van der Waals surface area contributed by atoms with Crippen LogP contribution in [0.1, 0.15) is 5.82 Å². The summed E-state index contributed by atoms with van der Waals surface area (Å²) in [5.74, 6) is -2.83. The highest BCUT2D eigenvalue weighted by Gasteiger charge is 2.35. The van der Waals surface area contributed by atoms with Gasteiger partial charge in [0.2, 0.25) is 17.7 Å². The Morgan fingerprint density at radius 3 is 2.88 bits per heavy atom. The number of alkyl halides is 3. The lowest BCUT2D eigenvalue weighted by atomic mass is 10.2. The summed E-state index contributed by atoms with van der Waals surface area (Å²) >= 11 is 5.88. The highest BCUT2D eigenvalue weighted by molar-refractivity contribution is 6.31. The molecule has 2 heterocycles. The van der Waals surface area contributed by atoms with Crippen LogP contribution in [0.2, 0.25) is 5.02 Å². The molecule has 132 valence electrons. The molecule has 0 bridgehead atoms. The molecule has 0 saturated carbocycles. The van der Waals surface area contributed by atoms with Gasteiger partial charge in [0.25, 0.3) is 5.91 Å². The first-order valence-electron chi connectivity index (χ1n) is 6.76. The summed E-state index contributed by atoms with van der Waals surface area (Å²) < 4.78 is 42.5. The minimum atomic E-state index is -4.72. The van der Waals surface area contributed by atoms with Crippen molar-refractivity contribution in [1.82, 2.24) is 15.2 Å². The van der Waals surface area contributed by atoms with Gasteiger partial charge in [-0.05, 0) is 18.2 Å². The Bertz CT molecular complexity index is 839. The summed E-state index contributed by atoms with van der Waals surface area (Å²) in [6.45, 7) is -0.744. The normalized spacial score (nSPS) is 14.1. The second-order valence-electron chi connectivity index (χ2n) is 4.93. The molecule has 3 rings (SSSR count). The number of carbonyl (C=O) groups is 2. The molecule has 0 spiro atoms. The average molecular weight is 376 g/mol. The van der Waals surface area contributed by atoms with Crippen molar-refractivity contribution in [3.63, 3.8) is 0 Å². The molecule has 0 unspecified atom stereocenters. The molecule has 2 N–H and O–H groups in total. The molecule has 8 nitrogen and oxygen atoms in total. The lowest BCUT2D eigenvalue weighted by molar-refractivity contribution is -0.144. The number of fused-ring (bicyclic) bond motifs is 1. The van der Waals surface area contributed by atoms with E-state index in [1.165, 1.54) is 6.07 Å². The summed E-state index contributed by atoms with van der Waals surface area (Å²) in [4.78, 5) is 28.2. The number of aromatic amines is 1. The number of hydrogen-bond acceptors (Lipinski definition) is 5. The molecule has 0 aliphatic carbocycles. The Balaban J connectivity index is 1.74. The van der Waals surface area contributed by atoms with Crippen LogP contribution in [-0.4, -0.2) is 40.1 Å². The van der Waals surface area contributed by atoms with Crippen LogP contribution in [0.3, 0.4) is 0 Å². The quantitative estimate of drug-likeness (QED) is 0.852. The van der Waals surface area contributed by atoms with Crippen LogP contribution < -0.4 is 15.0 Å². The molecule has 1 aliphatic heterocycles. The maximum atomic E-state index is 12.4. The predicted molar refractivity (Wildman–Crippen MR) is 79.3 cm³/mol. The van der Waals surface area contributed by atoms with Crippen molar-refractivity contribution in [3.05, 3.63) is 29.0 Å². The summed E-state index contributed by atoms with van der Waals surface area (Å²) in [6, 6.07) is 4.54. The third-order valence-corrected chi connectivity index (χ3v) is 3.41. The number of hydrogen-bond donors (Lipinski definition) is 2. The van der Waals surface area contributed by atoms with Crippen LogP contribution in [0.5, 0.6) is 5.75 Å². The summed E-state index contributed by atoms with van der Waals surface area (Å²) in [5.41, 5.74) is 0.282. The van der Waals surface area contributed by atoms with Crippen LogP contribution >= 0.6 is 11.6 Å². The van der Waals surface area contributed by atoms with Crippen molar-refractivity contribution in [2.24, 2.45) is 0 Å². The number of amides is 2. The van der Waals surface area contributed by atoms with E-state index < -0.39 is 36.3 Å². The maximum Gasteiger partial charge on any atom is 0.451 e. The standard InChI is InChI=1S/C13H9ClF3N5O3/c14-6-1-2-8-7(3-6)22(10(24)5-25-8)4-9(23)18-12-19-11(20-21-12)13(15,16)17/h1-3H,4-5H2,(H2,18,19,20,21,23). The molecule has 12 heteroatoms. The Kier molecular flexibility index (Phi) is 4.25. The average Bonchev–Trinajstić information content (AvgIpc) is 2.99. The number of anilines is 2. The Labute approximate surface area is 142 Å². The second kappa shape index (κ2) is 6.24. The first-order chi connectivity index (χ1) is 11.7. The Morgan fingerprint density at radius 1 is 1.44 bits per heavy atom. The van der Waals surface area contributed by atoms with Gasteiger partial charge >= 0.3 is 6.18 Å². The van der Waals surface area contributed by atoms with Gasteiger partial charge in [-0.2, -0.15) is 18.2 Å². The summed E-state index contributed by atoms with van der Waals surface area (Å²) in [5, 5.41) is 7.34. The van der Waals surface area contributed by atoms with Crippen LogP contribution in [0, 0.1) is 0 Å². The number of rotatable bonds is 3. The number of H-pyrrole nitrogens is 1. The minimum Gasteiger partial charge on any atom is -0.482 e. The van der Waals surface area contributed by atoms with E-state index in [-0.39, 0.29) is 12.3 Å². The van der Waals surface area contributed by atoms with Crippen LogP contribution in [0.4, 0.5) is 24.8 Å². The first-order valence-corrected chi connectivity index (χ1v) is 7.14. The van der Waals surface area contributed by atoms with Gasteiger partial charge in [-0.15, -0.1) is 5.10 Å². The number of benzene rings is 1. The van der Waals surface area contributed by atoms with Gasteiger partial charge in [-0.1, -0.05) is 11.6 Å². The van der Waals surface area contributed by atoms with Crippen molar-refractivity contribution in [3.8, 4) is 5.75 Å². The van der Waals surface area contributed by atoms with Gasteiger partial charge in [0.05, 0.1) is 5.69 Å². The molecule has 1 aromatic heterocycles. The molecule has 1 aliphatic rings. The molecule has 2 aromatic rings. The molecule has 0 radical (unpaired) electrons. The second-order valence-corrected chi connectivity index (χ2v) is 5.37. The molecule has 2 amide bonds.